The standard InChI is InChI=1S/C18H25N3O3/c1-17(2,3)20-13-8-14-10(7-12(13)19)15(22)11(16(23)24)9-21(14)18(4,5)6/h7-9,20H,19H2,1-6H3,(H,23,24). The molecule has 0 aliphatic rings. The lowest BCUT2D eigenvalue weighted by molar-refractivity contribution is 0.0694. The van der Waals surface area contributed by atoms with Crippen LogP contribution in [0.25, 0.3) is 10.9 Å². The van der Waals surface area contributed by atoms with E-state index < -0.39 is 16.9 Å². The van der Waals surface area contributed by atoms with Crippen molar-refractivity contribution in [2.45, 2.75) is 52.6 Å². The molecule has 2 rings (SSSR count). The van der Waals surface area contributed by atoms with E-state index in [0.717, 1.165) is 5.69 Å². The van der Waals surface area contributed by atoms with Gasteiger partial charge in [0.15, 0.2) is 0 Å². The number of nitrogens with two attached hydrogens (primary N) is 1. The van der Waals surface area contributed by atoms with Gasteiger partial charge in [0.1, 0.15) is 5.56 Å². The molecule has 0 aliphatic heterocycles. The first-order valence-electron chi connectivity index (χ1n) is 7.82. The zero-order valence-corrected chi connectivity index (χ0v) is 15.0. The Morgan fingerprint density at radius 1 is 1.17 bits per heavy atom. The highest BCUT2D eigenvalue weighted by Crippen LogP contribution is 2.30. The molecule has 1 heterocycles. The third-order valence-corrected chi connectivity index (χ3v) is 3.64. The number of pyridine rings is 1. The molecule has 0 aliphatic carbocycles. The number of anilines is 2. The number of carboxylic acid groups (broad SMARTS) is 1. The molecule has 1 aromatic heterocycles. The molecule has 0 saturated carbocycles. The van der Waals surface area contributed by atoms with Gasteiger partial charge in [-0.15, -0.1) is 0 Å². The van der Waals surface area contributed by atoms with Crippen LogP contribution < -0.4 is 16.5 Å². The van der Waals surface area contributed by atoms with E-state index in [0.29, 0.717) is 16.6 Å². The number of nitrogens with zero attached hydrogens (tertiary/aromatic N) is 1. The number of carboxylic acids is 1. The summed E-state index contributed by atoms with van der Waals surface area (Å²) in [5.74, 6) is -1.24. The molecule has 1 aromatic carbocycles. The van der Waals surface area contributed by atoms with E-state index in [1.54, 1.807) is 10.6 Å². The maximum atomic E-state index is 12.5. The molecular formula is C18H25N3O3. The average molecular weight is 331 g/mol. The van der Waals surface area contributed by atoms with Gasteiger partial charge < -0.3 is 20.7 Å². The van der Waals surface area contributed by atoms with Crippen molar-refractivity contribution in [1.29, 1.82) is 0 Å². The van der Waals surface area contributed by atoms with Gasteiger partial charge in [0.25, 0.3) is 0 Å². The second-order valence-corrected chi connectivity index (χ2v) is 8.05. The van der Waals surface area contributed by atoms with Crippen LogP contribution in [0.2, 0.25) is 0 Å². The molecule has 0 bridgehead atoms. The average Bonchev–Trinajstić information content (AvgIpc) is 2.37. The van der Waals surface area contributed by atoms with Gasteiger partial charge in [-0.3, -0.25) is 4.79 Å². The summed E-state index contributed by atoms with van der Waals surface area (Å²) in [6, 6.07) is 3.37. The zero-order valence-electron chi connectivity index (χ0n) is 15.0. The first kappa shape index (κ1) is 17.8. The molecule has 130 valence electrons. The molecule has 0 spiro atoms. The van der Waals surface area contributed by atoms with Crippen molar-refractivity contribution in [2.75, 3.05) is 11.1 Å². The Kier molecular flexibility index (Phi) is 4.12. The first-order valence-corrected chi connectivity index (χ1v) is 7.82. The number of hydrogen-bond acceptors (Lipinski definition) is 4. The van der Waals surface area contributed by atoms with Crippen LogP contribution in [0.3, 0.4) is 0 Å². The Balaban J connectivity index is 2.91. The monoisotopic (exact) mass is 331 g/mol. The molecule has 6 heteroatoms. The lowest BCUT2D eigenvalue weighted by Crippen LogP contribution is -2.29. The van der Waals surface area contributed by atoms with Crippen LogP contribution in [0, 0.1) is 0 Å². The molecule has 2 aromatic rings. The minimum atomic E-state index is -1.24. The number of carbonyl (C=O) groups is 1. The second-order valence-electron chi connectivity index (χ2n) is 8.05. The van der Waals surface area contributed by atoms with Crippen LogP contribution >= 0.6 is 0 Å². The normalized spacial score (nSPS) is 12.4. The van der Waals surface area contributed by atoms with Crippen molar-refractivity contribution < 1.29 is 9.90 Å². The van der Waals surface area contributed by atoms with E-state index in [-0.39, 0.29) is 11.1 Å². The molecule has 0 atom stereocenters. The van der Waals surface area contributed by atoms with Crippen LogP contribution in [0.5, 0.6) is 0 Å². The summed E-state index contributed by atoms with van der Waals surface area (Å²) in [5.41, 5.74) is 6.50. The number of rotatable bonds is 2. The van der Waals surface area contributed by atoms with Gasteiger partial charge in [-0.2, -0.15) is 0 Å². The van der Waals surface area contributed by atoms with Gasteiger partial charge in [0.2, 0.25) is 5.43 Å². The SMILES string of the molecule is CC(C)(C)Nc1cc2c(cc1N)c(=O)c(C(=O)O)cn2C(C)(C)C. The van der Waals surface area contributed by atoms with Crippen LogP contribution in [0.15, 0.2) is 23.1 Å². The van der Waals surface area contributed by atoms with Crippen molar-refractivity contribution in [1.82, 2.24) is 4.57 Å². The van der Waals surface area contributed by atoms with E-state index in [4.69, 9.17) is 5.73 Å². The van der Waals surface area contributed by atoms with E-state index in [1.165, 1.54) is 6.20 Å². The van der Waals surface area contributed by atoms with Gasteiger partial charge >= 0.3 is 5.97 Å². The van der Waals surface area contributed by atoms with Gasteiger partial charge in [-0.1, -0.05) is 0 Å². The van der Waals surface area contributed by atoms with Crippen LogP contribution in [0.4, 0.5) is 11.4 Å². The van der Waals surface area contributed by atoms with E-state index in [2.05, 4.69) is 5.32 Å². The number of hydrogen-bond donors (Lipinski definition) is 3. The zero-order chi connectivity index (χ0) is 18.4. The number of aromatic carboxylic acids is 1. The molecule has 4 N–H and O–H groups in total. The third kappa shape index (κ3) is 3.37. The highest BCUT2D eigenvalue weighted by Gasteiger charge is 2.22. The fourth-order valence-corrected chi connectivity index (χ4v) is 2.61. The molecular weight excluding hydrogens is 306 g/mol. The smallest absolute Gasteiger partial charge is 0.341 e. The summed E-state index contributed by atoms with van der Waals surface area (Å²) in [4.78, 5) is 24.0. The van der Waals surface area contributed by atoms with Crippen LogP contribution in [-0.2, 0) is 5.54 Å². The van der Waals surface area contributed by atoms with Gasteiger partial charge in [0, 0.05) is 22.7 Å². The summed E-state index contributed by atoms with van der Waals surface area (Å²) in [5, 5.41) is 13.0. The van der Waals surface area contributed by atoms with E-state index >= 15 is 0 Å². The van der Waals surface area contributed by atoms with E-state index in [9.17, 15) is 14.7 Å². The largest absolute Gasteiger partial charge is 0.477 e. The van der Waals surface area contributed by atoms with Crippen molar-refractivity contribution in [3.63, 3.8) is 0 Å². The minimum Gasteiger partial charge on any atom is -0.477 e. The number of benzene rings is 1. The predicted molar refractivity (Wildman–Crippen MR) is 98.0 cm³/mol. The van der Waals surface area contributed by atoms with Gasteiger partial charge in [0.05, 0.1) is 16.9 Å². The number of nitrogens with one attached hydrogen (secondary N) is 1. The summed E-state index contributed by atoms with van der Waals surface area (Å²) in [7, 11) is 0. The molecule has 0 radical (unpaired) electrons. The van der Waals surface area contributed by atoms with Crippen LogP contribution in [-0.4, -0.2) is 21.2 Å². The van der Waals surface area contributed by atoms with Gasteiger partial charge in [-0.25, -0.2) is 4.79 Å². The lowest BCUT2D eigenvalue weighted by Gasteiger charge is -2.28. The number of aromatic nitrogens is 1. The number of fused-ring (bicyclic) bond motifs is 1. The maximum Gasteiger partial charge on any atom is 0.341 e. The predicted octanol–water partition coefficient (Wildman–Crippen LogP) is 3.25. The fraction of sp³-hybridized carbons (Fsp3) is 0.444. The van der Waals surface area contributed by atoms with Crippen molar-refractivity contribution >= 4 is 28.2 Å². The Morgan fingerprint density at radius 3 is 2.21 bits per heavy atom. The molecule has 0 fully saturated rings. The van der Waals surface area contributed by atoms with Gasteiger partial charge in [-0.05, 0) is 53.7 Å². The molecule has 6 nitrogen and oxygen atoms in total. The Labute approximate surface area is 141 Å². The maximum absolute atomic E-state index is 12.5. The first-order chi connectivity index (χ1) is 10.8. The lowest BCUT2D eigenvalue weighted by atomic mass is 10.0. The highest BCUT2D eigenvalue weighted by molar-refractivity contribution is 5.95. The Hall–Kier alpha value is -2.50. The van der Waals surface area contributed by atoms with Crippen LogP contribution in [0.1, 0.15) is 51.9 Å². The molecule has 0 unspecified atom stereocenters. The highest BCUT2D eigenvalue weighted by atomic mass is 16.4. The quantitative estimate of drug-likeness (QED) is 0.734. The Morgan fingerprint density at radius 2 is 1.75 bits per heavy atom. The Bertz CT molecular complexity index is 868. The van der Waals surface area contributed by atoms with Crippen molar-refractivity contribution in [2.24, 2.45) is 0 Å². The number of nitrogen functional groups attached to an aromatic ring is 1. The van der Waals surface area contributed by atoms with Crippen molar-refractivity contribution in [3.05, 3.63) is 34.1 Å². The summed E-state index contributed by atoms with van der Waals surface area (Å²) >= 11 is 0. The molecule has 0 saturated heterocycles. The third-order valence-electron chi connectivity index (χ3n) is 3.64. The topological polar surface area (TPSA) is 97.3 Å². The summed E-state index contributed by atoms with van der Waals surface area (Å²) < 4.78 is 1.81. The fourth-order valence-electron chi connectivity index (χ4n) is 2.61. The van der Waals surface area contributed by atoms with E-state index in [1.807, 2.05) is 47.6 Å². The van der Waals surface area contributed by atoms with Crippen molar-refractivity contribution in [3.8, 4) is 0 Å². The molecule has 0 amide bonds. The summed E-state index contributed by atoms with van der Waals surface area (Å²) in [6.45, 7) is 11.9. The molecule has 24 heavy (non-hydrogen) atoms. The second kappa shape index (κ2) is 5.54. The summed E-state index contributed by atoms with van der Waals surface area (Å²) in [6.07, 6.45) is 1.41. The minimum absolute atomic E-state index is 0.199.